The molecule has 0 aliphatic carbocycles. The third-order valence-electron chi connectivity index (χ3n) is 3.42. The number of Topliss-reactive ketones (excluding diaryl/α,β-unsaturated/α-hetero) is 2. The van der Waals surface area contributed by atoms with Crippen molar-refractivity contribution in [1.82, 2.24) is 0 Å². The summed E-state index contributed by atoms with van der Waals surface area (Å²) in [5.41, 5.74) is 3.24. The Bertz CT molecular complexity index is 477. The van der Waals surface area contributed by atoms with Crippen LogP contribution in [0.5, 0.6) is 0 Å². The SMILES string of the molecule is Cc1ccc(C)c(CC(=O)C2COCCC2=O)c1. The molecule has 0 amide bonds. The van der Waals surface area contributed by atoms with Gasteiger partial charge in [-0.15, -0.1) is 0 Å². The number of hydrogen-bond donors (Lipinski definition) is 0. The highest BCUT2D eigenvalue weighted by molar-refractivity contribution is 6.03. The van der Waals surface area contributed by atoms with E-state index < -0.39 is 5.92 Å². The molecule has 0 bridgehead atoms. The van der Waals surface area contributed by atoms with Crippen LogP contribution >= 0.6 is 0 Å². The normalized spacial score (nSPS) is 19.9. The first-order valence-electron chi connectivity index (χ1n) is 6.27. The number of hydrogen-bond acceptors (Lipinski definition) is 3. The van der Waals surface area contributed by atoms with Crippen molar-refractivity contribution in [3.63, 3.8) is 0 Å². The highest BCUT2D eigenvalue weighted by Gasteiger charge is 2.29. The van der Waals surface area contributed by atoms with E-state index in [9.17, 15) is 9.59 Å². The van der Waals surface area contributed by atoms with Crippen molar-refractivity contribution < 1.29 is 14.3 Å². The van der Waals surface area contributed by atoms with Crippen LogP contribution in [0.2, 0.25) is 0 Å². The Balaban J connectivity index is 2.10. The highest BCUT2D eigenvalue weighted by atomic mass is 16.5. The predicted molar refractivity (Wildman–Crippen MR) is 68.6 cm³/mol. The molecule has 1 heterocycles. The minimum atomic E-state index is -0.557. The van der Waals surface area contributed by atoms with Crippen LogP contribution in [-0.2, 0) is 20.7 Å². The van der Waals surface area contributed by atoms with E-state index in [1.807, 2.05) is 32.0 Å². The molecule has 1 aliphatic heterocycles. The van der Waals surface area contributed by atoms with Gasteiger partial charge in [0.2, 0.25) is 0 Å². The first kappa shape index (κ1) is 13.0. The van der Waals surface area contributed by atoms with Crippen LogP contribution in [-0.4, -0.2) is 24.8 Å². The number of ketones is 2. The summed E-state index contributed by atoms with van der Waals surface area (Å²) in [7, 11) is 0. The van der Waals surface area contributed by atoms with Crippen molar-refractivity contribution in [2.75, 3.05) is 13.2 Å². The Hall–Kier alpha value is -1.48. The van der Waals surface area contributed by atoms with Crippen molar-refractivity contribution in [3.8, 4) is 0 Å². The summed E-state index contributed by atoms with van der Waals surface area (Å²) in [6.45, 7) is 4.69. The van der Waals surface area contributed by atoms with Crippen LogP contribution in [0.15, 0.2) is 18.2 Å². The molecule has 0 spiro atoms. The van der Waals surface area contributed by atoms with Gasteiger partial charge < -0.3 is 4.74 Å². The summed E-state index contributed by atoms with van der Waals surface area (Å²) in [6, 6.07) is 6.05. The number of aryl methyl sites for hydroxylation is 2. The zero-order valence-electron chi connectivity index (χ0n) is 10.9. The van der Waals surface area contributed by atoms with E-state index in [0.717, 1.165) is 16.7 Å². The molecule has 1 aromatic carbocycles. The molecule has 2 rings (SSSR count). The first-order valence-corrected chi connectivity index (χ1v) is 6.27. The molecule has 1 fully saturated rings. The molecule has 1 unspecified atom stereocenters. The fourth-order valence-electron chi connectivity index (χ4n) is 2.22. The minimum Gasteiger partial charge on any atom is -0.380 e. The fraction of sp³-hybridized carbons (Fsp3) is 0.467. The summed E-state index contributed by atoms with van der Waals surface area (Å²) in [4.78, 5) is 23.8. The van der Waals surface area contributed by atoms with Gasteiger partial charge in [0.25, 0.3) is 0 Å². The van der Waals surface area contributed by atoms with Crippen LogP contribution in [0.3, 0.4) is 0 Å². The van der Waals surface area contributed by atoms with E-state index in [2.05, 4.69) is 0 Å². The minimum absolute atomic E-state index is 0.0200. The van der Waals surface area contributed by atoms with Crippen LogP contribution in [0.25, 0.3) is 0 Å². The maximum Gasteiger partial charge on any atom is 0.150 e. The quantitative estimate of drug-likeness (QED) is 0.766. The summed E-state index contributed by atoms with van der Waals surface area (Å²) in [5, 5.41) is 0. The molecular formula is C15H18O3. The Morgan fingerprint density at radius 1 is 1.39 bits per heavy atom. The topological polar surface area (TPSA) is 43.4 Å². The fourth-order valence-corrected chi connectivity index (χ4v) is 2.22. The standard InChI is InChI=1S/C15H18O3/c1-10-3-4-11(2)12(7-10)8-15(17)13-9-18-6-5-14(13)16/h3-4,7,13H,5-6,8-9H2,1-2H3. The average Bonchev–Trinajstić information content (AvgIpc) is 2.34. The van der Waals surface area contributed by atoms with Gasteiger partial charge in [-0.2, -0.15) is 0 Å². The lowest BCUT2D eigenvalue weighted by molar-refractivity contribution is -0.139. The van der Waals surface area contributed by atoms with Gasteiger partial charge in [-0.1, -0.05) is 23.8 Å². The average molecular weight is 246 g/mol. The van der Waals surface area contributed by atoms with E-state index >= 15 is 0 Å². The molecule has 1 aromatic rings. The maximum atomic E-state index is 12.1. The van der Waals surface area contributed by atoms with E-state index in [1.165, 1.54) is 0 Å². The van der Waals surface area contributed by atoms with Crippen molar-refractivity contribution >= 4 is 11.6 Å². The van der Waals surface area contributed by atoms with Crippen LogP contribution < -0.4 is 0 Å². The summed E-state index contributed by atoms with van der Waals surface area (Å²) in [6.07, 6.45) is 0.691. The molecule has 0 N–H and O–H groups in total. The molecule has 1 aliphatic rings. The zero-order valence-corrected chi connectivity index (χ0v) is 10.9. The van der Waals surface area contributed by atoms with Crippen molar-refractivity contribution in [1.29, 1.82) is 0 Å². The van der Waals surface area contributed by atoms with E-state index in [-0.39, 0.29) is 18.2 Å². The van der Waals surface area contributed by atoms with Gasteiger partial charge in [-0.25, -0.2) is 0 Å². The number of benzene rings is 1. The molecule has 3 nitrogen and oxygen atoms in total. The zero-order chi connectivity index (χ0) is 13.1. The van der Waals surface area contributed by atoms with Crippen molar-refractivity contribution in [3.05, 3.63) is 34.9 Å². The lowest BCUT2D eigenvalue weighted by atomic mass is 9.90. The number of rotatable bonds is 3. The van der Waals surface area contributed by atoms with Gasteiger partial charge >= 0.3 is 0 Å². The number of carbonyl (C=O) groups is 2. The second-order valence-electron chi connectivity index (χ2n) is 4.92. The second kappa shape index (κ2) is 5.44. The van der Waals surface area contributed by atoms with Crippen LogP contribution in [0.4, 0.5) is 0 Å². The van der Waals surface area contributed by atoms with E-state index in [0.29, 0.717) is 19.4 Å². The van der Waals surface area contributed by atoms with Gasteiger partial charge in [0.15, 0.2) is 0 Å². The molecule has 0 radical (unpaired) electrons. The van der Waals surface area contributed by atoms with E-state index in [4.69, 9.17) is 4.74 Å². The summed E-state index contributed by atoms with van der Waals surface area (Å²) >= 11 is 0. The Labute approximate surface area is 107 Å². The van der Waals surface area contributed by atoms with E-state index in [1.54, 1.807) is 0 Å². The Kier molecular flexibility index (Phi) is 3.92. The third kappa shape index (κ3) is 2.85. The van der Waals surface area contributed by atoms with Gasteiger partial charge in [0.05, 0.1) is 19.1 Å². The van der Waals surface area contributed by atoms with Gasteiger partial charge in [-0.3, -0.25) is 9.59 Å². The summed E-state index contributed by atoms with van der Waals surface area (Å²) < 4.78 is 5.22. The Morgan fingerprint density at radius 3 is 2.89 bits per heavy atom. The lowest BCUT2D eigenvalue weighted by Gasteiger charge is -2.20. The molecule has 18 heavy (non-hydrogen) atoms. The number of ether oxygens (including phenoxy) is 1. The third-order valence-corrected chi connectivity index (χ3v) is 3.42. The van der Waals surface area contributed by atoms with Crippen molar-refractivity contribution in [2.24, 2.45) is 5.92 Å². The smallest absolute Gasteiger partial charge is 0.150 e. The molecule has 0 aromatic heterocycles. The monoisotopic (exact) mass is 246 g/mol. The highest BCUT2D eigenvalue weighted by Crippen LogP contribution is 2.17. The Morgan fingerprint density at radius 2 is 2.17 bits per heavy atom. The van der Waals surface area contributed by atoms with Crippen molar-refractivity contribution in [2.45, 2.75) is 26.7 Å². The molecule has 3 heteroatoms. The number of carbonyl (C=O) groups excluding carboxylic acids is 2. The molecule has 96 valence electrons. The largest absolute Gasteiger partial charge is 0.380 e. The second-order valence-corrected chi connectivity index (χ2v) is 4.92. The van der Waals surface area contributed by atoms with Crippen LogP contribution in [0, 0.1) is 19.8 Å². The summed E-state index contributed by atoms with van der Waals surface area (Å²) in [5.74, 6) is -0.552. The van der Waals surface area contributed by atoms with Gasteiger partial charge in [0.1, 0.15) is 11.6 Å². The lowest BCUT2D eigenvalue weighted by Crippen LogP contribution is -2.34. The molecule has 1 saturated heterocycles. The van der Waals surface area contributed by atoms with Gasteiger partial charge in [0, 0.05) is 12.8 Å². The van der Waals surface area contributed by atoms with Crippen LogP contribution in [0.1, 0.15) is 23.1 Å². The maximum absolute atomic E-state index is 12.1. The molecular weight excluding hydrogens is 228 g/mol. The first-order chi connectivity index (χ1) is 8.58. The van der Waals surface area contributed by atoms with Gasteiger partial charge in [-0.05, 0) is 25.0 Å². The predicted octanol–water partition coefficient (Wildman–Crippen LogP) is 2.02. The molecule has 0 saturated carbocycles. The molecule has 1 atom stereocenters.